The number of pyridine rings is 1. The van der Waals surface area contributed by atoms with Crippen molar-refractivity contribution in [3.63, 3.8) is 0 Å². The maximum atomic E-state index is 12.0. The molecule has 0 aromatic carbocycles. The number of alkyl halides is 3. The summed E-state index contributed by atoms with van der Waals surface area (Å²) >= 11 is 0. The van der Waals surface area contributed by atoms with Crippen LogP contribution in [0.5, 0.6) is 5.88 Å². The van der Waals surface area contributed by atoms with Gasteiger partial charge in [0.05, 0.1) is 11.9 Å². The molecular weight excluding hydrogens is 173 g/mol. The molecule has 6 heteroatoms. The van der Waals surface area contributed by atoms with Gasteiger partial charge in [-0.3, -0.25) is 0 Å². The van der Waals surface area contributed by atoms with Crippen LogP contribution >= 0.6 is 0 Å². The van der Waals surface area contributed by atoms with Crippen LogP contribution in [-0.2, 0) is 6.18 Å². The third kappa shape index (κ3) is 1.58. The fourth-order valence-corrected chi connectivity index (χ4v) is 0.682. The van der Waals surface area contributed by atoms with E-state index in [1.54, 1.807) is 0 Å². The van der Waals surface area contributed by atoms with E-state index in [0.29, 0.717) is 6.07 Å². The second kappa shape index (κ2) is 2.54. The predicted octanol–water partition coefficient (Wildman–Crippen LogP) is 1.39. The molecule has 1 aromatic rings. The topological polar surface area (TPSA) is 59.1 Å². The van der Waals surface area contributed by atoms with Crippen molar-refractivity contribution in [2.45, 2.75) is 6.18 Å². The first-order valence-corrected chi connectivity index (χ1v) is 2.93. The Morgan fingerprint density at radius 3 is 2.42 bits per heavy atom. The lowest BCUT2D eigenvalue weighted by atomic mass is 10.2. The Morgan fingerprint density at radius 1 is 1.42 bits per heavy atom. The van der Waals surface area contributed by atoms with Crippen molar-refractivity contribution in [1.82, 2.24) is 4.98 Å². The summed E-state index contributed by atoms with van der Waals surface area (Å²) in [7, 11) is 0. The number of nitrogens with zero attached hydrogens (tertiary/aromatic N) is 1. The Kier molecular flexibility index (Phi) is 1.83. The first-order valence-electron chi connectivity index (χ1n) is 2.93. The lowest BCUT2D eigenvalue weighted by molar-refractivity contribution is -0.139. The molecule has 0 amide bonds. The summed E-state index contributed by atoms with van der Waals surface area (Å²) in [5, 5.41) is 8.68. The molecule has 66 valence electrons. The van der Waals surface area contributed by atoms with Gasteiger partial charge in [-0.2, -0.15) is 13.2 Å². The molecule has 0 aliphatic rings. The van der Waals surface area contributed by atoms with Gasteiger partial charge >= 0.3 is 6.18 Å². The van der Waals surface area contributed by atoms with E-state index < -0.39 is 17.6 Å². The van der Waals surface area contributed by atoms with Crippen molar-refractivity contribution < 1.29 is 18.3 Å². The predicted molar refractivity (Wildman–Crippen MR) is 35.3 cm³/mol. The molecular formula is C6H5F3N2O. The lowest BCUT2D eigenvalue weighted by Crippen LogP contribution is -2.06. The Hall–Kier alpha value is -1.46. The average Bonchev–Trinajstić information content (AvgIpc) is 1.92. The van der Waals surface area contributed by atoms with Gasteiger partial charge in [0.1, 0.15) is 5.56 Å². The second-order valence-corrected chi connectivity index (χ2v) is 2.14. The minimum absolute atomic E-state index is 0.139. The molecule has 0 saturated heterocycles. The minimum Gasteiger partial charge on any atom is -0.493 e. The molecule has 0 fully saturated rings. The highest BCUT2D eigenvalue weighted by atomic mass is 19.4. The zero-order valence-corrected chi connectivity index (χ0v) is 5.76. The third-order valence-electron chi connectivity index (χ3n) is 1.19. The third-order valence-corrected chi connectivity index (χ3v) is 1.19. The molecule has 0 radical (unpaired) electrons. The summed E-state index contributed by atoms with van der Waals surface area (Å²) in [6.07, 6.45) is -3.67. The highest BCUT2D eigenvalue weighted by molar-refractivity contribution is 5.43. The number of hydrogen-bond donors (Lipinski definition) is 2. The summed E-state index contributed by atoms with van der Waals surface area (Å²) in [6, 6.07) is 0.627. The van der Waals surface area contributed by atoms with Gasteiger partial charge in [-0.05, 0) is 6.07 Å². The largest absolute Gasteiger partial charge is 0.493 e. The van der Waals surface area contributed by atoms with Crippen molar-refractivity contribution in [2.24, 2.45) is 0 Å². The van der Waals surface area contributed by atoms with Crippen molar-refractivity contribution in [3.05, 3.63) is 17.8 Å². The van der Waals surface area contributed by atoms with E-state index in [2.05, 4.69) is 4.98 Å². The van der Waals surface area contributed by atoms with Crippen LogP contribution in [0, 0.1) is 0 Å². The SMILES string of the molecule is Nc1cnc(O)c(C(F)(F)F)c1. The van der Waals surface area contributed by atoms with Crippen LogP contribution < -0.4 is 5.73 Å². The number of halogens is 3. The van der Waals surface area contributed by atoms with E-state index in [1.165, 1.54) is 0 Å². The summed E-state index contributed by atoms with van der Waals surface area (Å²) in [5.74, 6) is -1.06. The van der Waals surface area contributed by atoms with Gasteiger partial charge in [0.25, 0.3) is 0 Å². The van der Waals surface area contributed by atoms with Crippen LogP contribution in [0.1, 0.15) is 5.56 Å². The van der Waals surface area contributed by atoms with Crippen LogP contribution in [0.25, 0.3) is 0 Å². The molecule has 0 unspecified atom stereocenters. The normalized spacial score (nSPS) is 11.6. The van der Waals surface area contributed by atoms with E-state index in [1.807, 2.05) is 0 Å². The maximum Gasteiger partial charge on any atom is 0.421 e. The van der Waals surface area contributed by atoms with Crippen LogP contribution in [0.4, 0.5) is 18.9 Å². The van der Waals surface area contributed by atoms with Gasteiger partial charge < -0.3 is 10.8 Å². The van der Waals surface area contributed by atoms with Gasteiger partial charge in [-0.25, -0.2) is 4.98 Å². The van der Waals surface area contributed by atoms with E-state index in [0.717, 1.165) is 6.20 Å². The van der Waals surface area contributed by atoms with Gasteiger partial charge in [0.2, 0.25) is 5.88 Å². The Bertz CT molecular complexity index is 297. The van der Waals surface area contributed by atoms with Gasteiger partial charge in [-0.1, -0.05) is 0 Å². The summed E-state index contributed by atoms with van der Waals surface area (Å²) < 4.78 is 35.9. The van der Waals surface area contributed by atoms with Gasteiger partial charge in [0.15, 0.2) is 0 Å². The van der Waals surface area contributed by atoms with E-state index in [4.69, 9.17) is 10.8 Å². The number of anilines is 1. The molecule has 1 aromatic heterocycles. The summed E-state index contributed by atoms with van der Waals surface area (Å²) in [6.45, 7) is 0. The second-order valence-electron chi connectivity index (χ2n) is 2.14. The number of aromatic hydroxyl groups is 1. The van der Waals surface area contributed by atoms with Crippen LogP contribution in [0.2, 0.25) is 0 Å². The maximum absolute atomic E-state index is 12.0. The van der Waals surface area contributed by atoms with Gasteiger partial charge in [0, 0.05) is 0 Å². The standard InChI is InChI=1S/C6H5F3N2O/c7-6(8,9)4-1-3(10)2-11-5(4)12/h1-2H,10H2,(H,11,12). The minimum atomic E-state index is -4.62. The molecule has 3 N–H and O–H groups in total. The monoisotopic (exact) mass is 178 g/mol. The van der Waals surface area contributed by atoms with Crippen LogP contribution in [0.3, 0.4) is 0 Å². The fraction of sp³-hybridized carbons (Fsp3) is 0.167. The molecule has 0 spiro atoms. The number of rotatable bonds is 0. The van der Waals surface area contributed by atoms with Crippen molar-refractivity contribution in [3.8, 4) is 5.88 Å². The Morgan fingerprint density at radius 2 is 2.00 bits per heavy atom. The average molecular weight is 178 g/mol. The zero-order chi connectivity index (χ0) is 9.35. The smallest absolute Gasteiger partial charge is 0.421 e. The summed E-state index contributed by atoms with van der Waals surface area (Å²) in [5.41, 5.74) is 3.69. The lowest BCUT2D eigenvalue weighted by Gasteiger charge is -2.07. The van der Waals surface area contributed by atoms with Crippen molar-refractivity contribution in [2.75, 3.05) is 5.73 Å². The molecule has 12 heavy (non-hydrogen) atoms. The van der Waals surface area contributed by atoms with Crippen LogP contribution in [0.15, 0.2) is 12.3 Å². The van der Waals surface area contributed by atoms with E-state index in [9.17, 15) is 13.2 Å². The Labute approximate surface area is 65.6 Å². The van der Waals surface area contributed by atoms with Crippen molar-refractivity contribution in [1.29, 1.82) is 0 Å². The highest BCUT2D eigenvalue weighted by Gasteiger charge is 2.34. The number of aromatic nitrogens is 1. The summed E-state index contributed by atoms with van der Waals surface area (Å²) in [4.78, 5) is 3.06. The molecule has 0 aliphatic heterocycles. The molecule has 0 bridgehead atoms. The van der Waals surface area contributed by atoms with Crippen LogP contribution in [-0.4, -0.2) is 10.1 Å². The first-order chi connectivity index (χ1) is 5.41. The number of nitrogen functional groups attached to an aromatic ring is 1. The molecule has 3 nitrogen and oxygen atoms in total. The zero-order valence-electron chi connectivity index (χ0n) is 5.76. The van der Waals surface area contributed by atoms with Crippen molar-refractivity contribution >= 4 is 5.69 Å². The molecule has 1 rings (SSSR count). The quantitative estimate of drug-likeness (QED) is 0.631. The molecule has 1 heterocycles. The molecule has 0 atom stereocenters. The van der Waals surface area contributed by atoms with Gasteiger partial charge in [-0.15, -0.1) is 0 Å². The Balaban J connectivity index is 3.23. The van der Waals surface area contributed by atoms with E-state index >= 15 is 0 Å². The van der Waals surface area contributed by atoms with E-state index in [-0.39, 0.29) is 5.69 Å². The fourth-order valence-electron chi connectivity index (χ4n) is 0.682. The number of hydrogen-bond acceptors (Lipinski definition) is 3. The highest BCUT2D eigenvalue weighted by Crippen LogP contribution is 2.34. The molecule has 0 saturated carbocycles. The number of nitrogens with two attached hydrogens (primary N) is 1. The first kappa shape index (κ1) is 8.63. The molecule has 0 aliphatic carbocycles.